The zero-order valence-electron chi connectivity index (χ0n) is 15.3. The van der Waals surface area contributed by atoms with Gasteiger partial charge < -0.3 is 10.0 Å². The highest BCUT2D eigenvalue weighted by Crippen LogP contribution is 2.27. The molecule has 6 nitrogen and oxygen atoms in total. The Morgan fingerprint density at radius 1 is 0.963 bits per heavy atom. The predicted octanol–water partition coefficient (Wildman–Crippen LogP) is 3.20. The van der Waals surface area contributed by atoms with Gasteiger partial charge in [0.25, 0.3) is 0 Å². The molecular weight excluding hydrogens is 358 g/mol. The number of nitrogens with zero attached hydrogens (tertiary/aromatic N) is 5. The predicted molar refractivity (Wildman–Crippen MR) is 109 cm³/mol. The Balaban J connectivity index is 1.44. The summed E-state index contributed by atoms with van der Waals surface area (Å²) in [6.45, 7) is 6.27. The van der Waals surface area contributed by atoms with Crippen molar-refractivity contribution in [1.82, 2.24) is 19.2 Å². The smallest absolute Gasteiger partial charge is 0.203 e. The second kappa shape index (κ2) is 7.54. The molecule has 1 N–H and O–H groups in total. The number of rotatable bonds is 4. The first-order chi connectivity index (χ1) is 13.1. The summed E-state index contributed by atoms with van der Waals surface area (Å²) in [6.07, 6.45) is 1.79. The third-order valence-electron chi connectivity index (χ3n) is 5.04. The first kappa shape index (κ1) is 17.8. The highest BCUT2D eigenvalue weighted by atomic mass is 32.1. The van der Waals surface area contributed by atoms with E-state index in [2.05, 4.69) is 34.0 Å². The lowest BCUT2D eigenvalue weighted by atomic mass is 10.2. The third kappa shape index (κ3) is 3.61. The number of para-hydroxylation sites is 3. The van der Waals surface area contributed by atoms with Crippen molar-refractivity contribution in [1.29, 1.82) is 0 Å². The van der Waals surface area contributed by atoms with Crippen molar-refractivity contribution in [2.24, 2.45) is 0 Å². The molecule has 0 bridgehead atoms. The molecule has 1 aromatic heterocycles. The molecule has 0 unspecified atom stereocenters. The van der Waals surface area contributed by atoms with Crippen molar-refractivity contribution in [3.05, 3.63) is 65.2 Å². The van der Waals surface area contributed by atoms with Crippen molar-refractivity contribution in [3.8, 4) is 11.4 Å². The van der Waals surface area contributed by atoms with Gasteiger partial charge in [-0.25, -0.2) is 4.68 Å². The van der Waals surface area contributed by atoms with Crippen LogP contribution < -0.4 is 4.90 Å². The van der Waals surface area contributed by atoms with E-state index in [4.69, 9.17) is 12.2 Å². The van der Waals surface area contributed by atoms with Gasteiger partial charge in [-0.05, 0) is 42.9 Å². The number of piperazine rings is 1. The summed E-state index contributed by atoms with van der Waals surface area (Å²) in [5, 5.41) is 14.5. The van der Waals surface area contributed by atoms with E-state index in [0.717, 1.165) is 37.6 Å². The fourth-order valence-electron chi connectivity index (χ4n) is 3.48. The van der Waals surface area contributed by atoms with Crippen LogP contribution in [0.2, 0.25) is 0 Å². The summed E-state index contributed by atoms with van der Waals surface area (Å²) in [4.78, 5) is 4.55. The lowest BCUT2D eigenvalue weighted by molar-refractivity contribution is 0.194. The maximum Gasteiger partial charge on any atom is 0.203 e. The zero-order valence-corrected chi connectivity index (χ0v) is 16.1. The molecule has 3 aromatic rings. The molecule has 1 aliphatic rings. The number of benzene rings is 2. The molecule has 1 fully saturated rings. The van der Waals surface area contributed by atoms with E-state index in [1.54, 1.807) is 12.4 Å². The topological polar surface area (TPSA) is 49.5 Å². The normalized spacial score (nSPS) is 15.2. The van der Waals surface area contributed by atoms with Crippen LogP contribution in [-0.2, 0) is 6.67 Å². The number of aryl methyl sites for hydroxylation is 1. The summed E-state index contributed by atoms with van der Waals surface area (Å²) in [6, 6.07) is 15.7. The maximum atomic E-state index is 10.0. The van der Waals surface area contributed by atoms with Gasteiger partial charge in [0.15, 0.2) is 0 Å². The molecule has 7 heteroatoms. The van der Waals surface area contributed by atoms with Gasteiger partial charge in [0, 0.05) is 26.2 Å². The first-order valence-corrected chi connectivity index (χ1v) is 9.50. The second-order valence-electron chi connectivity index (χ2n) is 6.80. The minimum Gasteiger partial charge on any atom is -0.506 e. The summed E-state index contributed by atoms with van der Waals surface area (Å²) in [7, 11) is 0. The number of anilines is 1. The van der Waals surface area contributed by atoms with Crippen LogP contribution in [0.4, 0.5) is 5.69 Å². The molecule has 0 aliphatic carbocycles. The first-order valence-electron chi connectivity index (χ1n) is 9.09. The molecule has 4 rings (SSSR count). The van der Waals surface area contributed by atoms with Crippen LogP contribution in [0.5, 0.6) is 5.75 Å². The van der Waals surface area contributed by atoms with E-state index in [1.807, 2.05) is 39.6 Å². The fourth-order valence-corrected chi connectivity index (χ4v) is 3.73. The van der Waals surface area contributed by atoms with E-state index in [1.165, 1.54) is 5.56 Å². The lowest BCUT2D eigenvalue weighted by Crippen LogP contribution is -2.47. The average Bonchev–Trinajstić information content (AvgIpc) is 3.04. The summed E-state index contributed by atoms with van der Waals surface area (Å²) in [5.41, 5.74) is 3.14. The van der Waals surface area contributed by atoms with E-state index >= 15 is 0 Å². The van der Waals surface area contributed by atoms with Gasteiger partial charge in [-0.1, -0.05) is 30.3 Å². The van der Waals surface area contributed by atoms with Crippen LogP contribution in [0.25, 0.3) is 5.69 Å². The Bertz CT molecular complexity index is 988. The Kier molecular flexibility index (Phi) is 4.96. The van der Waals surface area contributed by atoms with Crippen LogP contribution >= 0.6 is 12.2 Å². The van der Waals surface area contributed by atoms with E-state index in [-0.39, 0.29) is 0 Å². The highest BCUT2D eigenvalue weighted by molar-refractivity contribution is 7.71. The van der Waals surface area contributed by atoms with Gasteiger partial charge in [-0.15, -0.1) is 0 Å². The molecule has 27 heavy (non-hydrogen) atoms. The zero-order chi connectivity index (χ0) is 18.8. The van der Waals surface area contributed by atoms with Crippen molar-refractivity contribution in [2.75, 3.05) is 31.1 Å². The summed E-state index contributed by atoms with van der Waals surface area (Å²) < 4.78 is 4.54. The number of phenols is 1. The summed E-state index contributed by atoms with van der Waals surface area (Å²) >= 11 is 5.65. The Hall–Kier alpha value is -2.64. The van der Waals surface area contributed by atoms with Crippen molar-refractivity contribution in [3.63, 3.8) is 0 Å². The maximum absolute atomic E-state index is 10.0. The van der Waals surface area contributed by atoms with Gasteiger partial charge in [-0.2, -0.15) is 5.10 Å². The number of aromatic hydroxyl groups is 1. The number of aromatic nitrogens is 3. The van der Waals surface area contributed by atoms with Gasteiger partial charge in [0.1, 0.15) is 12.1 Å². The number of phenolic OH excluding ortho intramolecular Hbond substituents is 1. The Morgan fingerprint density at radius 2 is 1.63 bits per heavy atom. The van der Waals surface area contributed by atoms with Crippen molar-refractivity contribution >= 4 is 17.9 Å². The van der Waals surface area contributed by atoms with Crippen LogP contribution in [0.3, 0.4) is 0 Å². The molecule has 1 aliphatic heterocycles. The molecule has 0 atom stereocenters. The van der Waals surface area contributed by atoms with Gasteiger partial charge in [-0.3, -0.25) is 9.47 Å². The molecule has 0 spiro atoms. The molecular formula is C20H23N5OS. The molecule has 1 saturated heterocycles. The molecule has 2 heterocycles. The highest BCUT2D eigenvalue weighted by Gasteiger charge is 2.20. The molecule has 2 aromatic carbocycles. The fraction of sp³-hybridized carbons (Fsp3) is 0.300. The minimum absolute atomic E-state index is 0.338. The van der Waals surface area contributed by atoms with Gasteiger partial charge in [0.05, 0.1) is 18.0 Å². The monoisotopic (exact) mass is 381 g/mol. The Morgan fingerprint density at radius 3 is 2.33 bits per heavy atom. The van der Waals surface area contributed by atoms with Crippen LogP contribution in [-0.4, -0.2) is 50.5 Å². The SMILES string of the molecule is Cc1ccccc1-n1cnn(CN2CCN(c3ccccc3O)CC2)c1=S. The Labute approximate surface area is 163 Å². The van der Waals surface area contributed by atoms with E-state index < -0.39 is 0 Å². The van der Waals surface area contributed by atoms with E-state index in [0.29, 0.717) is 17.2 Å². The van der Waals surface area contributed by atoms with Gasteiger partial charge >= 0.3 is 0 Å². The van der Waals surface area contributed by atoms with Crippen LogP contribution in [0.1, 0.15) is 5.56 Å². The third-order valence-corrected chi connectivity index (χ3v) is 5.44. The molecule has 0 saturated carbocycles. The average molecular weight is 382 g/mol. The van der Waals surface area contributed by atoms with Crippen LogP contribution in [0.15, 0.2) is 54.9 Å². The van der Waals surface area contributed by atoms with Gasteiger partial charge in [0.2, 0.25) is 4.77 Å². The van der Waals surface area contributed by atoms with Crippen molar-refractivity contribution < 1.29 is 5.11 Å². The number of hydrogen-bond donors (Lipinski definition) is 1. The lowest BCUT2D eigenvalue weighted by Gasteiger charge is -2.36. The van der Waals surface area contributed by atoms with Crippen LogP contribution in [0, 0.1) is 11.7 Å². The largest absolute Gasteiger partial charge is 0.506 e. The standard InChI is InChI=1S/C20H23N5OS/c1-16-6-2-3-7-17(16)24-14-21-25(20(24)27)15-22-10-12-23(13-11-22)18-8-4-5-9-19(18)26/h2-9,14,26H,10-13,15H2,1H3. The summed E-state index contributed by atoms with van der Waals surface area (Å²) in [5.74, 6) is 0.338. The number of hydrogen-bond acceptors (Lipinski definition) is 5. The quantitative estimate of drug-likeness (QED) is 0.704. The molecule has 0 radical (unpaired) electrons. The molecule has 140 valence electrons. The minimum atomic E-state index is 0.338. The van der Waals surface area contributed by atoms with E-state index in [9.17, 15) is 5.11 Å². The second-order valence-corrected chi connectivity index (χ2v) is 7.17. The molecule has 0 amide bonds. The van der Waals surface area contributed by atoms with Crippen molar-refractivity contribution in [2.45, 2.75) is 13.6 Å².